The van der Waals surface area contributed by atoms with Gasteiger partial charge in [-0.1, -0.05) is 12.1 Å². The smallest absolute Gasteiger partial charge is 0.354 e. The van der Waals surface area contributed by atoms with Crippen LogP contribution in [0.15, 0.2) is 36.4 Å². The summed E-state index contributed by atoms with van der Waals surface area (Å²) in [6.45, 7) is 5.31. The van der Waals surface area contributed by atoms with E-state index in [1.165, 1.54) is 12.1 Å². The summed E-state index contributed by atoms with van der Waals surface area (Å²) in [6.07, 6.45) is -4.38. The van der Waals surface area contributed by atoms with Crippen LogP contribution in [-0.4, -0.2) is 58.3 Å². The molecule has 3 aromatic rings. The number of nitrogens with zero attached hydrogens (tertiary/aromatic N) is 5. The van der Waals surface area contributed by atoms with Gasteiger partial charge in [-0.15, -0.1) is 0 Å². The topological polar surface area (TPSA) is 73.0 Å². The molecule has 0 saturated carbocycles. The molecule has 0 atom stereocenters. The van der Waals surface area contributed by atoms with Crippen molar-refractivity contribution in [3.63, 3.8) is 0 Å². The molecule has 1 fully saturated rings. The number of piperazine rings is 1. The average Bonchev–Trinajstić information content (AvgIpc) is 3.12. The predicted octanol–water partition coefficient (Wildman–Crippen LogP) is 3.69. The highest BCUT2D eigenvalue weighted by Gasteiger charge is 2.30. The standard InChI is InChI=1S/C20H22F3N7/c1-13-11-17(28-27-13)24-16-12-18(30-9-7-29(2)8-10-30)26-19(25-16)14-3-5-15(6-4-14)20(21,22)23/h3-6,11-12H,7-10H2,1-2H3,(H2,24,25,26,27,28). The molecule has 0 aliphatic carbocycles. The summed E-state index contributed by atoms with van der Waals surface area (Å²) < 4.78 is 38.7. The number of aromatic amines is 1. The molecule has 0 bridgehead atoms. The highest BCUT2D eigenvalue weighted by atomic mass is 19.4. The summed E-state index contributed by atoms with van der Waals surface area (Å²) in [4.78, 5) is 13.5. The Morgan fingerprint density at radius 3 is 2.27 bits per heavy atom. The van der Waals surface area contributed by atoms with Crippen LogP contribution in [-0.2, 0) is 6.18 Å². The van der Waals surface area contributed by atoms with Gasteiger partial charge in [0.2, 0.25) is 0 Å². The number of benzene rings is 1. The second-order valence-electron chi connectivity index (χ2n) is 7.36. The Balaban J connectivity index is 1.69. The minimum absolute atomic E-state index is 0.356. The van der Waals surface area contributed by atoms with Crippen LogP contribution in [0.25, 0.3) is 11.4 Å². The molecule has 0 spiro atoms. The maximum absolute atomic E-state index is 12.9. The van der Waals surface area contributed by atoms with Crippen molar-refractivity contribution in [1.82, 2.24) is 25.1 Å². The molecule has 1 aliphatic heterocycles. The maximum atomic E-state index is 12.9. The first kappa shape index (κ1) is 20.1. The van der Waals surface area contributed by atoms with Gasteiger partial charge in [0.15, 0.2) is 11.6 Å². The van der Waals surface area contributed by atoms with Gasteiger partial charge in [0.05, 0.1) is 5.56 Å². The lowest BCUT2D eigenvalue weighted by atomic mass is 10.1. The molecule has 7 nitrogen and oxygen atoms in total. The van der Waals surface area contributed by atoms with Crippen LogP contribution in [0.2, 0.25) is 0 Å². The summed E-state index contributed by atoms with van der Waals surface area (Å²) in [5.41, 5.74) is 0.709. The molecular weight excluding hydrogens is 395 g/mol. The number of alkyl halides is 3. The molecule has 10 heteroatoms. The van der Waals surface area contributed by atoms with E-state index in [9.17, 15) is 13.2 Å². The number of anilines is 3. The largest absolute Gasteiger partial charge is 0.416 e. The lowest BCUT2D eigenvalue weighted by molar-refractivity contribution is -0.137. The molecule has 1 saturated heterocycles. The van der Waals surface area contributed by atoms with Crippen molar-refractivity contribution in [2.24, 2.45) is 0 Å². The van der Waals surface area contributed by atoms with Crippen molar-refractivity contribution < 1.29 is 13.2 Å². The van der Waals surface area contributed by atoms with Gasteiger partial charge in [0.25, 0.3) is 0 Å². The quantitative estimate of drug-likeness (QED) is 0.675. The molecule has 3 heterocycles. The van der Waals surface area contributed by atoms with Crippen molar-refractivity contribution in [3.05, 3.63) is 47.7 Å². The first-order chi connectivity index (χ1) is 14.3. The second-order valence-corrected chi connectivity index (χ2v) is 7.36. The van der Waals surface area contributed by atoms with Gasteiger partial charge in [-0.25, -0.2) is 9.97 Å². The van der Waals surface area contributed by atoms with E-state index >= 15 is 0 Å². The van der Waals surface area contributed by atoms with Gasteiger partial charge in [-0.05, 0) is 26.1 Å². The summed E-state index contributed by atoms with van der Waals surface area (Å²) >= 11 is 0. The monoisotopic (exact) mass is 417 g/mol. The molecule has 2 aromatic heterocycles. The first-order valence-electron chi connectivity index (χ1n) is 9.57. The Labute approximate surface area is 171 Å². The molecule has 4 rings (SSSR count). The third-order valence-corrected chi connectivity index (χ3v) is 4.97. The lowest BCUT2D eigenvalue weighted by Gasteiger charge is -2.33. The number of hydrogen-bond donors (Lipinski definition) is 2. The van der Waals surface area contributed by atoms with Gasteiger partial charge in [-0.3, -0.25) is 5.10 Å². The normalized spacial score (nSPS) is 15.4. The third kappa shape index (κ3) is 4.54. The minimum Gasteiger partial charge on any atom is -0.354 e. The lowest BCUT2D eigenvalue weighted by Crippen LogP contribution is -2.44. The van der Waals surface area contributed by atoms with E-state index in [0.29, 0.717) is 23.0 Å². The molecule has 0 radical (unpaired) electrons. The summed E-state index contributed by atoms with van der Waals surface area (Å²) in [6, 6.07) is 8.57. The number of rotatable bonds is 4. The van der Waals surface area contributed by atoms with Crippen LogP contribution in [0.5, 0.6) is 0 Å². The molecule has 0 unspecified atom stereocenters. The van der Waals surface area contributed by atoms with Crippen molar-refractivity contribution >= 4 is 17.5 Å². The fraction of sp³-hybridized carbons (Fsp3) is 0.350. The van der Waals surface area contributed by atoms with E-state index in [0.717, 1.165) is 49.8 Å². The number of halogens is 3. The molecule has 30 heavy (non-hydrogen) atoms. The summed E-state index contributed by atoms with van der Waals surface area (Å²) in [5.74, 6) is 2.21. The number of aryl methyl sites for hydroxylation is 1. The van der Waals surface area contributed by atoms with Crippen molar-refractivity contribution in [1.29, 1.82) is 0 Å². The molecule has 1 aromatic carbocycles. The van der Waals surface area contributed by atoms with E-state index in [1.54, 1.807) is 0 Å². The zero-order valence-electron chi connectivity index (χ0n) is 16.7. The molecular formula is C20H22F3N7. The second kappa shape index (κ2) is 7.94. The number of likely N-dealkylation sites (N-methyl/N-ethyl adjacent to an activating group) is 1. The van der Waals surface area contributed by atoms with Gasteiger partial charge in [0.1, 0.15) is 11.6 Å². The maximum Gasteiger partial charge on any atom is 0.416 e. The first-order valence-corrected chi connectivity index (χ1v) is 9.57. The molecule has 158 valence electrons. The Morgan fingerprint density at radius 2 is 1.67 bits per heavy atom. The zero-order valence-corrected chi connectivity index (χ0v) is 16.7. The third-order valence-electron chi connectivity index (χ3n) is 4.97. The number of nitrogens with one attached hydrogen (secondary N) is 2. The zero-order chi connectivity index (χ0) is 21.3. The highest BCUT2D eigenvalue weighted by molar-refractivity contribution is 5.65. The van der Waals surface area contributed by atoms with Gasteiger partial charge in [0, 0.05) is 49.6 Å². The summed E-state index contributed by atoms with van der Waals surface area (Å²) in [5, 5.41) is 10.2. The van der Waals surface area contributed by atoms with Crippen LogP contribution in [0.4, 0.5) is 30.6 Å². The van der Waals surface area contributed by atoms with Crippen LogP contribution in [0.1, 0.15) is 11.3 Å². The van der Waals surface area contributed by atoms with Gasteiger partial charge < -0.3 is 15.1 Å². The van der Waals surface area contributed by atoms with Crippen LogP contribution >= 0.6 is 0 Å². The van der Waals surface area contributed by atoms with E-state index < -0.39 is 11.7 Å². The van der Waals surface area contributed by atoms with Crippen LogP contribution < -0.4 is 10.2 Å². The van der Waals surface area contributed by atoms with Gasteiger partial charge in [-0.2, -0.15) is 18.3 Å². The summed E-state index contributed by atoms with van der Waals surface area (Å²) in [7, 11) is 2.07. The average molecular weight is 417 g/mol. The van der Waals surface area contributed by atoms with E-state index in [-0.39, 0.29) is 0 Å². The van der Waals surface area contributed by atoms with Crippen molar-refractivity contribution in [3.8, 4) is 11.4 Å². The van der Waals surface area contributed by atoms with Crippen LogP contribution in [0.3, 0.4) is 0 Å². The minimum atomic E-state index is -4.38. The van der Waals surface area contributed by atoms with E-state index in [2.05, 4.69) is 42.3 Å². The fourth-order valence-corrected chi connectivity index (χ4v) is 3.25. The Kier molecular flexibility index (Phi) is 5.33. The van der Waals surface area contributed by atoms with Gasteiger partial charge >= 0.3 is 6.18 Å². The highest BCUT2D eigenvalue weighted by Crippen LogP contribution is 2.31. The van der Waals surface area contributed by atoms with E-state index in [4.69, 9.17) is 0 Å². The Hall–Kier alpha value is -3.14. The molecule has 0 amide bonds. The van der Waals surface area contributed by atoms with Crippen LogP contribution in [0, 0.1) is 6.92 Å². The number of aromatic nitrogens is 4. The number of H-pyrrole nitrogens is 1. The molecule has 2 N–H and O–H groups in total. The van der Waals surface area contributed by atoms with Crippen molar-refractivity contribution in [2.45, 2.75) is 13.1 Å². The van der Waals surface area contributed by atoms with E-state index in [1.807, 2.05) is 19.1 Å². The fourth-order valence-electron chi connectivity index (χ4n) is 3.25. The Morgan fingerprint density at radius 1 is 0.967 bits per heavy atom. The number of hydrogen-bond acceptors (Lipinski definition) is 6. The van der Waals surface area contributed by atoms with Crippen molar-refractivity contribution in [2.75, 3.05) is 43.4 Å². The Bertz CT molecular complexity index is 1010. The predicted molar refractivity (Wildman–Crippen MR) is 109 cm³/mol. The molecule has 1 aliphatic rings. The SMILES string of the molecule is Cc1cc(Nc2cc(N3CCN(C)CC3)nc(-c3ccc(C(F)(F)F)cc3)n2)n[nH]1.